The second-order valence-electron chi connectivity index (χ2n) is 5.01. The van der Waals surface area contributed by atoms with E-state index in [1.807, 2.05) is 26.0 Å². The third-order valence-corrected chi connectivity index (χ3v) is 4.24. The number of halogens is 1. The lowest BCUT2D eigenvalue weighted by molar-refractivity contribution is 0.522. The third-order valence-electron chi connectivity index (χ3n) is 3.82. The van der Waals surface area contributed by atoms with Crippen LogP contribution in [0.5, 0.6) is 0 Å². The lowest BCUT2D eigenvalue weighted by atomic mass is 9.87. The van der Waals surface area contributed by atoms with E-state index in [0.29, 0.717) is 11.4 Å². The van der Waals surface area contributed by atoms with Gasteiger partial charge >= 0.3 is 0 Å². The second-order valence-corrected chi connectivity index (χ2v) is 5.41. The van der Waals surface area contributed by atoms with Crippen molar-refractivity contribution < 1.29 is 0 Å². The van der Waals surface area contributed by atoms with Gasteiger partial charge in [0, 0.05) is 10.4 Å². The maximum Gasteiger partial charge on any atom is 0.0902 e. The first-order valence-corrected chi connectivity index (χ1v) is 5.84. The van der Waals surface area contributed by atoms with Crippen LogP contribution in [0.3, 0.4) is 0 Å². The van der Waals surface area contributed by atoms with Crippen LogP contribution >= 0.6 is 11.6 Å². The molecule has 0 amide bonds. The van der Waals surface area contributed by atoms with Crippen LogP contribution in [0.1, 0.15) is 24.5 Å². The Morgan fingerprint density at radius 1 is 1.59 bits per heavy atom. The van der Waals surface area contributed by atoms with Crippen LogP contribution in [0.4, 0.5) is 0 Å². The van der Waals surface area contributed by atoms with Gasteiger partial charge in [-0.25, -0.2) is 0 Å². The first-order valence-electron chi connectivity index (χ1n) is 5.46. The van der Waals surface area contributed by atoms with E-state index in [1.54, 1.807) is 6.07 Å². The molecule has 2 atom stereocenters. The Kier molecular flexibility index (Phi) is 2.71. The summed E-state index contributed by atoms with van der Waals surface area (Å²) in [5.74, 6) is 0. The zero-order chi connectivity index (χ0) is 12.7. The van der Waals surface area contributed by atoms with E-state index in [1.165, 1.54) is 0 Å². The Balaban J connectivity index is 2.43. The molecule has 1 fully saturated rings. The number of nitroso groups, excluding NO2 is 1. The normalized spacial score (nSPS) is 30.7. The van der Waals surface area contributed by atoms with Crippen LogP contribution in [0.25, 0.3) is 0 Å². The van der Waals surface area contributed by atoms with E-state index in [4.69, 9.17) is 11.6 Å². The molecule has 1 aromatic carbocycles. The minimum atomic E-state index is -0.573. The SMILES string of the molecule is Cc1cc([C@]2(C#N)C[C@@]2(C)CN=O)ccc1Cl. The van der Waals surface area contributed by atoms with Gasteiger partial charge in [-0.3, -0.25) is 0 Å². The fourth-order valence-electron chi connectivity index (χ4n) is 2.47. The zero-order valence-electron chi connectivity index (χ0n) is 9.83. The minimum absolute atomic E-state index is 0.183. The Hall–Kier alpha value is -1.40. The van der Waals surface area contributed by atoms with Crippen molar-refractivity contribution in [3.05, 3.63) is 39.3 Å². The van der Waals surface area contributed by atoms with Crippen molar-refractivity contribution in [3.8, 4) is 6.07 Å². The highest BCUT2D eigenvalue weighted by molar-refractivity contribution is 6.31. The topological polar surface area (TPSA) is 53.2 Å². The van der Waals surface area contributed by atoms with Gasteiger partial charge in [-0.1, -0.05) is 35.8 Å². The first kappa shape index (κ1) is 12.1. The molecule has 0 bridgehead atoms. The molecule has 0 radical (unpaired) electrons. The fourth-order valence-corrected chi connectivity index (χ4v) is 2.59. The molecule has 4 heteroatoms. The largest absolute Gasteiger partial charge is 0.197 e. The number of hydrogen-bond acceptors (Lipinski definition) is 3. The van der Waals surface area contributed by atoms with E-state index in [9.17, 15) is 10.2 Å². The van der Waals surface area contributed by atoms with E-state index < -0.39 is 5.41 Å². The minimum Gasteiger partial charge on any atom is -0.197 e. The molecule has 0 heterocycles. The van der Waals surface area contributed by atoms with Crippen molar-refractivity contribution in [2.45, 2.75) is 25.7 Å². The summed E-state index contributed by atoms with van der Waals surface area (Å²) in [6, 6.07) is 7.95. The first-order chi connectivity index (χ1) is 7.99. The molecule has 0 saturated heterocycles. The van der Waals surface area contributed by atoms with Gasteiger partial charge in [0.15, 0.2) is 0 Å². The van der Waals surface area contributed by atoms with E-state index >= 15 is 0 Å². The van der Waals surface area contributed by atoms with E-state index in [2.05, 4.69) is 11.2 Å². The Morgan fingerprint density at radius 3 is 2.82 bits per heavy atom. The summed E-state index contributed by atoms with van der Waals surface area (Å²) >= 11 is 5.98. The van der Waals surface area contributed by atoms with Gasteiger partial charge in [0.25, 0.3) is 0 Å². The Morgan fingerprint density at radius 2 is 2.29 bits per heavy atom. The number of nitrogens with zero attached hydrogens (tertiary/aromatic N) is 2. The van der Waals surface area contributed by atoms with Gasteiger partial charge < -0.3 is 0 Å². The van der Waals surface area contributed by atoms with Gasteiger partial charge in [0.2, 0.25) is 0 Å². The lowest BCUT2D eigenvalue weighted by Crippen LogP contribution is -2.17. The maximum atomic E-state index is 10.4. The molecular formula is C13H13ClN2O. The summed E-state index contributed by atoms with van der Waals surface area (Å²) in [5, 5.41) is 13.0. The van der Waals surface area contributed by atoms with Crippen molar-refractivity contribution >= 4 is 11.6 Å². The molecule has 0 aromatic heterocycles. The smallest absolute Gasteiger partial charge is 0.0902 e. The average Bonchev–Trinajstić information content (AvgIpc) is 2.89. The van der Waals surface area contributed by atoms with Crippen molar-refractivity contribution in [3.63, 3.8) is 0 Å². The summed E-state index contributed by atoms with van der Waals surface area (Å²) in [6.07, 6.45) is 0.684. The van der Waals surface area contributed by atoms with Crippen molar-refractivity contribution in [1.82, 2.24) is 0 Å². The summed E-state index contributed by atoms with van der Waals surface area (Å²) in [6.45, 7) is 4.03. The molecule has 0 N–H and O–H groups in total. The molecule has 1 aliphatic carbocycles. The highest BCUT2D eigenvalue weighted by Gasteiger charge is 2.66. The van der Waals surface area contributed by atoms with Crippen LogP contribution in [0, 0.1) is 28.6 Å². The summed E-state index contributed by atoms with van der Waals surface area (Å²) in [7, 11) is 0. The maximum absolute atomic E-state index is 10.4. The van der Waals surface area contributed by atoms with Gasteiger partial charge in [-0.05, 0) is 30.5 Å². The lowest BCUT2D eigenvalue weighted by Gasteiger charge is -2.15. The van der Waals surface area contributed by atoms with E-state index in [0.717, 1.165) is 11.1 Å². The Bertz CT molecular complexity index is 523. The van der Waals surface area contributed by atoms with Crippen molar-refractivity contribution in [2.75, 3.05) is 6.54 Å². The molecule has 3 nitrogen and oxygen atoms in total. The number of hydrogen-bond donors (Lipinski definition) is 0. The molecule has 88 valence electrons. The highest BCUT2D eigenvalue weighted by atomic mass is 35.5. The van der Waals surface area contributed by atoms with Gasteiger partial charge in [0.1, 0.15) is 0 Å². The number of nitriles is 1. The number of rotatable bonds is 3. The van der Waals surface area contributed by atoms with Gasteiger partial charge in [-0.15, -0.1) is 0 Å². The monoisotopic (exact) mass is 248 g/mol. The van der Waals surface area contributed by atoms with Crippen molar-refractivity contribution in [2.24, 2.45) is 10.6 Å². The molecule has 1 aliphatic rings. The van der Waals surface area contributed by atoms with Crippen LogP contribution in [0.2, 0.25) is 5.02 Å². The molecule has 0 aliphatic heterocycles. The number of benzene rings is 1. The second kappa shape index (κ2) is 3.82. The van der Waals surface area contributed by atoms with Gasteiger partial charge in [-0.2, -0.15) is 10.2 Å². The fraction of sp³-hybridized carbons (Fsp3) is 0.462. The molecule has 2 rings (SSSR count). The molecule has 0 spiro atoms. The molecular weight excluding hydrogens is 236 g/mol. The van der Waals surface area contributed by atoms with Crippen LogP contribution < -0.4 is 0 Å². The predicted molar refractivity (Wildman–Crippen MR) is 66.9 cm³/mol. The molecule has 0 unspecified atom stereocenters. The molecule has 17 heavy (non-hydrogen) atoms. The highest BCUT2D eigenvalue weighted by Crippen LogP contribution is 2.64. The molecule has 1 saturated carbocycles. The van der Waals surface area contributed by atoms with Crippen molar-refractivity contribution in [1.29, 1.82) is 5.26 Å². The Labute approximate surface area is 105 Å². The average molecular weight is 249 g/mol. The predicted octanol–water partition coefficient (Wildman–Crippen LogP) is 3.59. The quantitative estimate of drug-likeness (QED) is 0.768. The zero-order valence-corrected chi connectivity index (χ0v) is 10.6. The van der Waals surface area contributed by atoms with Gasteiger partial charge in [0.05, 0.1) is 18.0 Å². The standard InChI is InChI=1S/C13H13ClN2O/c1-9-5-10(3-4-11(9)14)13(7-15)6-12(13,2)8-16-17/h3-5H,6,8H2,1-2H3/t12-,13+/m0/s1. The third kappa shape index (κ3) is 1.64. The molecule has 1 aromatic rings. The van der Waals surface area contributed by atoms with Crippen LogP contribution in [-0.4, -0.2) is 6.54 Å². The van der Waals surface area contributed by atoms with Crippen LogP contribution in [-0.2, 0) is 5.41 Å². The summed E-state index contributed by atoms with van der Waals surface area (Å²) < 4.78 is 0. The van der Waals surface area contributed by atoms with E-state index in [-0.39, 0.29) is 12.0 Å². The summed E-state index contributed by atoms with van der Waals surface area (Å²) in [5.41, 5.74) is 0.986. The van der Waals surface area contributed by atoms with Crippen LogP contribution in [0.15, 0.2) is 23.4 Å². The number of aryl methyl sites for hydroxylation is 1. The summed E-state index contributed by atoms with van der Waals surface area (Å²) in [4.78, 5) is 10.4.